The zero-order valence-electron chi connectivity index (χ0n) is 19.9. The highest BCUT2D eigenvalue weighted by molar-refractivity contribution is 5.98. The van der Waals surface area contributed by atoms with E-state index in [2.05, 4.69) is 74.3 Å². The molecule has 4 aromatic rings. The third-order valence-corrected chi connectivity index (χ3v) is 9.66. The Morgan fingerprint density at radius 1 is 1.09 bits per heavy atom. The molecule has 0 amide bonds. The van der Waals surface area contributed by atoms with Gasteiger partial charge in [0.25, 0.3) is 0 Å². The van der Waals surface area contributed by atoms with Crippen LogP contribution in [0.15, 0.2) is 48.5 Å². The summed E-state index contributed by atoms with van der Waals surface area (Å²) < 4.78 is 6.89. The van der Waals surface area contributed by atoms with Crippen LogP contribution in [0.5, 0.6) is 5.75 Å². The van der Waals surface area contributed by atoms with Crippen LogP contribution in [0.2, 0.25) is 0 Å². The van der Waals surface area contributed by atoms with E-state index in [-0.39, 0.29) is 12.1 Å². The van der Waals surface area contributed by atoms with Gasteiger partial charge in [-0.05, 0) is 85.4 Å². The van der Waals surface area contributed by atoms with Crippen molar-refractivity contribution in [2.75, 3.05) is 13.6 Å². The fraction of sp³-hybridized carbons (Fsp3) is 0.367. The third kappa shape index (κ3) is 1.99. The summed E-state index contributed by atoms with van der Waals surface area (Å²) >= 11 is 0. The molecule has 1 spiro atoms. The van der Waals surface area contributed by atoms with Crippen molar-refractivity contribution in [3.63, 3.8) is 0 Å². The first-order chi connectivity index (χ1) is 16.4. The van der Waals surface area contributed by atoms with Gasteiger partial charge >= 0.3 is 0 Å². The molecule has 0 unspecified atom stereocenters. The number of aliphatic hydroxyl groups is 1. The molecule has 8 rings (SSSR count). The number of aromatic nitrogens is 1. The molecule has 2 aliphatic carbocycles. The Hall–Kier alpha value is -2.95. The first kappa shape index (κ1) is 19.4. The van der Waals surface area contributed by atoms with Crippen LogP contribution in [0.1, 0.15) is 46.0 Å². The second-order valence-corrected chi connectivity index (χ2v) is 11.1. The lowest BCUT2D eigenvalue weighted by atomic mass is 9.48. The number of likely N-dealkylation sites (N-methyl/N-ethyl adjacent to an activating group) is 1. The largest absolute Gasteiger partial charge is 0.482 e. The summed E-state index contributed by atoms with van der Waals surface area (Å²) in [7, 11) is 2.17. The molecule has 4 aliphatic rings. The number of rotatable bonds is 0. The van der Waals surface area contributed by atoms with Crippen LogP contribution < -0.4 is 4.74 Å². The van der Waals surface area contributed by atoms with Crippen molar-refractivity contribution in [3.8, 4) is 5.75 Å². The van der Waals surface area contributed by atoms with Crippen molar-refractivity contribution in [2.45, 2.75) is 56.3 Å². The summed E-state index contributed by atoms with van der Waals surface area (Å²) in [5.74, 6) is 0.995. The number of piperidine rings is 1. The maximum absolute atomic E-state index is 12.7. The van der Waals surface area contributed by atoms with Crippen LogP contribution in [0.4, 0.5) is 0 Å². The Labute approximate surface area is 199 Å². The van der Waals surface area contributed by atoms with E-state index in [0.29, 0.717) is 6.42 Å². The number of aryl methyl sites for hydroxylation is 2. The number of benzene rings is 3. The van der Waals surface area contributed by atoms with Crippen molar-refractivity contribution < 1.29 is 9.84 Å². The fourth-order valence-electron chi connectivity index (χ4n) is 7.95. The van der Waals surface area contributed by atoms with E-state index >= 15 is 0 Å². The number of hydrogen-bond acceptors (Lipinski definition) is 4. The Morgan fingerprint density at radius 3 is 2.71 bits per heavy atom. The van der Waals surface area contributed by atoms with E-state index in [9.17, 15) is 5.11 Å². The lowest BCUT2D eigenvalue weighted by Crippen LogP contribution is -2.74. The zero-order chi connectivity index (χ0) is 23.0. The molecule has 2 aliphatic heterocycles. The monoisotopic (exact) mass is 448 g/mol. The highest BCUT2D eigenvalue weighted by Crippen LogP contribution is 2.67. The quantitative estimate of drug-likeness (QED) is 0.388. The molecule has 1 saturated heterocycles. The molecular formula is C30H28N2O2. The highest BCUT2D eigenvalue weighted by atomic mass is 16.5. The smallest absolute Gasteiger partial charge is 0.153 e. The minimum absolute atomic E-state index is 0.0772. The molecule has 1 aromatic heterocycles. The standard InChI is InChI=1S/C30H28N2O2/c1-16-8-9-20-14-24-30(33)15-22-17(2)21-12-18-6-4-5-7-19(18)13-23(21)31-26(22)28-29(30,10-11-32(24)3)25(20)27(16)34-28/h4-9,12-13,24,28,33H,10-11,14-15H2,1-3H3/t24-,28+,29+,30-/m1/s1. The molecule has 34 heavy (non-hydrogen) atoms. The van der Waals surface area contributed by atoms with Crippen molar-refractivity contribution >= 4 is 21.7 Å². The molecule has 4 heteroatoms. The predicted octanol–water partition coefficient (Wildman–Crippen LogP) is 4.92. The lowest BCUT2D eigenvalue weighted by molar-refractivity contribution is -0.168. The summed E-state index contributed by atoms with van der Waals surface area (Å²) in [5, 5.41) is 16.4. The van der Waals surface area contributed by atoms with E-state index in [4.69, 9.17) is 9.72 Å². The Kier molecular flexibility index (Phi) is 3.41. The van der Waals surface area contributed by atoms with Crippen LogP contribution in [-0.4, -0.2) is 40.2 Å². The first-order valence-corrected chi connectivity index (χ1v) is 12.5. The molecule has 4 atom stereocenters. The summed E-state index contributed by atoms with van der Waals surface area (Å²) in [6, 6.07) is 17.5. The van der Waals surface area contributed by atoms with Crippen LogP contribution in [0.25, 0.3) is 21.7 Å². The van der Waals surface area contributed by atoms with Crippen LogP contribution >= 0.6 is 0 Å². The van der Waals surface area contributed by atoms with Crippen molar-refractivity contribution in [3.05, 3.63) is 82.0 Å². The summed E-state index contributed by atoms with van der Waals surface area (Å²) in [5.41, 5.74) is 6.94. The summed E-state index contributed by atoms with van der Waals surface area (Å²) in [6.45, 7) is 5.31. The molecule has 3 heterocycles. The molecule has 0 radical (unpaired) electrons. The Bertz CT molecular complexity index is 1580. The third-order valence-electron chi connectivity index (χ3n) is 9.66. The number of ether oxygens (including phenoxy) is 1. The fourth-order valence-corrected chi connectivity index (χ4v) is 7.95. The number of pyridine rings is 1. The average Bonchev–Trinajstić information content (AvgIpc) is 3.19. The van der Waals surface area contributed by atoms with Crippen LogP contribution in [0, 0.1) is 13.8 Å². The minimum Gasteiger partial charge on any atom is -0.482 e. The van der Waals surface area contributed by atoms with Crippen molar-refractivity contribution in [1.29, 1.82) is 0 Å². The number of nitrogens with zero attached hydrogens (tertiary/aromatic N) is 2. The van der Waals surface area contributed by atoms with E-state index < -0.39 is 11.0 Å². The van der Waals surface area contributed by atoms with Gasteiger partial charge in [-0.15, -0.1) is 0 Å². The van der Waals surface area contributed by atoms with E-state index in [0.717, 1.165) is 41.9 Å². The van der Waals surface area contributed by atoms with Crippen LogP contribution in [-0.2, 0) is 18.3 Å². The normalized spacial score (nSPS) is 30.8. The number of hydrogen-bond donors (Lipinski definition) is 1. The van der Waals surface area contributed by atoms with Crippen molar-refractivity contribution in [1.82, 2.24) is 9.88 Å². The molecule has 0 saturated carbocycles. The van der Waals surface area contributed by atoms with Gasteiger partial charge in [0.2, 0.25) is 0 Å². The maximum atomic E-state index is 12.7. The second kappa shape index (κ2) is 5.99. The highest BCUT2D eigenvalue weighted by Gasteiger charge is 2.72. The van der Waals surface area contributed by atoms with E-state index in [1.54, 1.807) is 0 Å². The summed E-state index contributed by atoms with van der Waals surface area (Å²) in [6.07, 6.45) is 2.14. The average molecular weight is 449 g/mol. The van der Waals surface area contributed by atoms with Gasteiger partial charge in [-0.2, -0.15) is 0 Å². The van der Waals surface area contributed by atoms with Gasteiger partial charge in [0.05, 0.1) is 22.2 Å². The molecule has 1 N–H and O–H groups in total. The first-order valence-electron chi connectivity index (χ1n) is 12.5. The van der Waals surface area contributed by atoms with Gasteiger partial charge < -0.3 is 14.7 Å². The topological polar surface area (TPSA) is 45.6 Å². The Balaban J connectivity index is 1.48. The summed E-state index contributed by atoms with van der Waals surface area (Å²) in [4.78, 5) is 7.69. The molecule has 1 fully saturated rings. The molecule has 2 bridgehead atoms. The van der Waals surface area contributed by atoms with Gasteiger partial charge in [0.15, 0.2) is 6.10 Å². The van der Waals surface area contributed by atoms with Crippen LogP contribution in [0.3, 0.4) is 0 Å². The van der Waals surface area contributed by atoms with Gasteiger partial charge in [-0.1, -0.05) is 36.4 Å². The van der Waals surface area contributed by atoms with Gasteiger partial charge in [0, 0.05) is 23.4 Å². The van der Waals surface area contributed by atoms with Gasteiger partial charge in [-0.3, -0.25) is 0 Å². The molecule has 4 nitrogen and oxygen atoms in total. The minimum atomic E-state index is -0.874. The second-order valence-electron chi connectivity index (χ2n) is 11.1. The van der Waals surface area contributed by atoms with Gasteiger partial charge in [0.1, 0.15) is 5.75 Å². The Morgan fingerprint density at radius 2 is 1.88 bits per heavy atom. The predicted molar refractivity (Wildman–Crippen MR) is 134 cm³/mol. The zero-order valence-corrected chi connectivity index (χ0v) is 19.9. The van der Waals surface area contributed by atoms with Crippen molar-refractivity contribution in [2.24, 2.45) is 0 Å². The lowest BCUT2D eigenvalue weighted by Gasteiger charge is -2.62. The number of fused-ring (bicyclic) bond motifs is 4. The molecule has 170 valence electrons. The van der Waals surface area contributed by atoms with E-state index in [1.165, 1.54) is 38.4 Å². The van der Waals surface area contributed by atoms with E-state index in [1.807, 2.05) is 0 Å². The maximum Gasteiger partial charge on any atom is 0.153 e. The number of likely N-dealkylation sites (tertiary alicyclic amines) is 1. The van der Waals surface area contributed by atoms with Gasteiger partial charge in [-0.25, -0.2) is 4.98 Å². The SMILES string of the molecule is Cc1ccc2c3c1O[C@H]1c4nc5cc6ccccc6cc5c(C)c4C[C@@]4(O)[C@@H](C2)N(C)CC[C@]314. The molecular weight excluding hydrogens is 420 g/mol. The molecule has 3 aromatic carbocycles.